The molecular weight excluding hydrogens is 252 g/mol. The Kier molecular flexibility index (Phi) is 5.04. The van der Waals surface area contributed by atoms with Crippen LogP contribution in [0.5, 0.6) is 0 Å². The summed E-state index contributed by atoms with van der Waals surface area (Å²) in [4.78, 5) is 21.4. The summed E-state index contributed by atoms with van der Waals surface area (Å²) in [5.41, 5.74) is 0.217. The van der Waals surface area contributed by atoms with Crippen LogP contribution in [0.25, 0.3) is 0 Å². The number of piperazine rings is 2. The van der Waals surface area contributed by atoms with Crippen LogP contribution in [-0.4, -0.2) is 97.5 Å². The first-order valence-electron chi connectivity index (χ1n) is 7.78. The molecule has 0 spiro atoms. The summed E-state index contributed by atoms with van der Waals surface area (Å²) >= 11 is 0. The Labute approximate surface area is 123 Å². The molecule has 0 radical (unpaired) electrons. The van der Waals surface area contributed by atoms with E-state index in [0.717, 1.165) is 52.4 Å². The first-order chi connectivity index (χ1) is 9.38. The number of carbonyl (C=O) groups excluding carboxylic acids is 1. The molecule has 0 saturated carbocycles. The zero-order valence-corrected chi connectivity index (χ0v) is 13.6. The normalized spacial score (nSPS) is 25.9. The molecule has 2 aliphatic heterocycles. The lowest BCUT2D eigenvalue weighted by Crippen LogP contribution is -2.58. The van der Waals surface area contributed by atoms with E-state index in [1.165, 1.54) is 0 Å². The highest BCUT2D eigenvalue weighted by atomic mass is 16.2. The molecule has 0 atom stereocenters. The number of carbonyl (C=O) groups is 1. The molecule has 0 aromatic carbocycles. The first-order valence-corrected chi connectivity index (χ1v) is 7.78. The molecule has 116 valence electrons. The van der Waals surface area contributed by atoms with Crippen molar-refractivity contribution in [2.24, 2.45) is 0 Å². The second kappa shape index (κ2) is 6.41. The minimum atomic E-state index is 0.217. The maximum atomic E-state index is 12.2. The fraction of sp³-hybridized carbons (Fsp3) is 0.933. The van der Waals surface area contributed by atoms with Crippen LogP contribution in [0.4, 0.5) is 0 Å². The highest BCUT2D eigenvalue weighted by molar-refractivity contribution is 5.76. The van der Waals surface area contributed by atoms with Gasteiger partial charge in [0.25, 0.3) is 0 Å². The fourth-order valence-electron chi connectivity index (χ4n) is 3.00. The number of hydrogen-bond donors (Lipinski definition) is 0. The van der Waals surface area contributed by atoms with Gasteiger partial charge in [-0.1, -0.05) is 0 Å². The van der Waals surface area contributed by atoms with E-state index in [1.54, 1.807) is 0 Å². The van der Waals surface area contributed by atoms with Gasteiger partial charge in [0.05, 0.1) is 0 Å². The lowest BCUT2D eigenvalue weighted by Gasteiger charge is -2.45. The maximum absolute atomic E-state index is 12.2. The van der Waals surface area contributed by atoms with E-state index in [4.69, 9.17) is 0 Å². The monoisotopic (exact) mass is 282 g/mol. The Hall–Kier alpha value is -0.650. The van der Waals surface area contributed by atoms with Crippen LogP contribution < -0.4 is 0 Å². The predicted octanol–water partition coefficient (Wildman–Crippen LogP) is 0.177. The molecule has 0 N–H and O–H groups in total. The Morgan fingerprint density at radius 2 is 1.65 bits per heavy atom. The molecule has 2 rings (SSSR count). The molecule has 2 heterocycles. The van der Waals surface area contributed by atoms with Crippen LogP contribution in [0, 0.1) is 0 Å². The van der Waals surface area contributed by atoms with Gasteiger partial charge in [-0.25, -0.2) is 0 Å². The van der Waals surface area contributed by atoms with E-state index in [-0.39, 0.29) is 5.54 Å². The Morgan fingerprint density at radius 3 is 2.25 bits per heavy atom. The molecule has 2 aliphatic rings. The smallest absolute Gasteiger partial charge is 0.223 e. The van der Waals surface area contributed by atoms with E-state index in [1.807, 2.05) is 4.90 Å². The Morgan fingerprint density at radius 1 is 1.00 bits per heavy atom. The summed E-state index contributed by atoms with van der Waals surface area (Å²) in [5, 5.41) is 0. The summed E-state index contributed by atoms with van der Waals surface area (Å²) in [6.07, 6.45) is 0.670. The highest BCUT2D eigenvalue weighted by Gasteiger charge is 2.31. The van der Waals surface area contributed by atoms with Crippen molar-refractivity contribution in [1.29, 1.82) is 0 Å². The lowest BCUT2D eigenvalue weighted by molar-refractivity contribution is -0.133. The van der Waals surface area contributed by atoms with Gasteiger partial charge in [-0.2, -0.15) is 0 Å². The molecule has 2 fully saturated rings. The van der Waals surface area contributed by atoms with Gasteiger partial charge < -0.3 is 9.80 Å². The van der Waals surface area contributed by atoms with Gasteiger partial charge in [0.1, 0.15) is 0 Å². The van der Waals surface area contributed by atoms with Crippen LogP contribution in [0.15, 0.2) is 0 Å². The maximum Gasteiger partial charge on any atom is 0.223 e. The molecule has 1 amide bonds. The second-order valence-corrected chi connectivity index (χ2v) is 6.94. The first kappa shape index (κ1) is 15.7. The third-order valence-electron chi connectivity index (χ3n) is 4.89. The van der Waals surface area contributed by atoms with Crippen LogP contribution in [0.1, 0.15) is 20.3 Å². The van der Waals surface area contributed by atoms with Crippen molar-refractivity contribution in [2.75, 3.05) is 66.5 Å². The molecule has 5 nitrogen and oxygen atoms in total. The van der Waals surface area contributed by atoms with Crippen LogP contribution in [0.2, 0.25) is 0 Å². The van der Waals surface area contributed by atoms with Crippen molar-refractivity contribution >= 4 is 5.91 Å². The van der Waals surface area contributed by atoms with Crippen molar-refractivity contribution in [3.63, 3.8) is 0 Å². The van der Waals surface area contributed by atoms with Gasteiger partial charge >= 0.3 is 0 Å². The molecule has 0 aliphatic carbocycles. The standard InChI is InChI=1S/C15H30N4O/c1-15(2)13-18(10-9-17(15)4)6-5-14(20)19-11-7-16(3)8-12-19/h5-13H2,1-4H3. The largest absolute Gasteiger partial charge is 0.340 e. The topological polar surface area (TPSA) is 30.0 Å². The van der Waals surface area contributed by atoms with Gasteiger partial charge in [-0.05, 0) is 27.9 Å². The zero-order chi connectivity index (χ0) is 14.8. The van der Waals surface area contributed by atoms with Gasteiger partial charge in [-0.3, -0.25) is 14.6 Å². The fourth-order valence-corrected chi connectivity index (χ4v) is 3.00. The van der Waals surface area contributed by atoms with Crippen molar-refractivity contribution < 1.29 is 4.79 Å². The summed E-state index contributed by atoms with van der Waals surface area (Å²) < 4.78 is 0. The van der Waals surface area contributed by atoms with Gasteiger partial charge in [0, 0.05) is 64.3 Å². The Bertz CT molecular complexity index is 337. The van der Waals surface area contributed by atoms with E-state index < -0.39 is 0 Å². The van der Waals surface area contributed by atoms with E-state index in [2.05, 4.69) is 42.6 Å². The summed E-state index contributed by atoms with van der Waals surface area (Å²) in [6, 6.07) is 0. The lowest BCUT2D eigenvalue weighted by atomic mass is 9.99. The third-order valence-corrected chi connectivity index (χ3v) is 4.89. The van der Waals surface area contributed by atoms with E-state index in [0.29, 0.717) is 12.3 Å². The summed E-state index contributed by atoms with van der Waals surface area (Å²) in [7, 11) is 4.31. The minimum Gasteiger partial charge on any atom is -0.340 e. The van der Waals surface area contributed by atoms with Crippen LogP contribution in [0.3, 0.4) is 0 Å². The average Bonchev–Trinajstić information content (AvgIpc) is 2.40. The average molecular weight is 282 g/mol. The van der Waals surface area contributed by atoms with Crippen LogP contribution >= 0.6 is 0 Å². The minimum absolute atomic E-state index is 0.217. The molecular formula is C15H30N4O. The number of hydrogen-bond acceptors (Lipinski definition) is 4. The predicted molar refractivity (Wildman–Crippen MR) is 81.8 cm³/mol. The molecule has 0 aromatic rings. The highest BCUT2D eigenvalue weighted by Crippen LogP contribution is 2.18. The Balaban J connectivity index is 1.74. The molecule has 0 aromatic heterocycles. The molecule has 20 heavy (non-hydrogen) atoms. The van der Waals surface area contributed by atoms with Gasteiger partial charge in [-0.15, -0.1) is 0 Å². The van der Waals surface area contributed by atoms with Crippen molar-refractivity contribution in [2.45, 2.75) is 25.8 Å². The summed E-state index contributed by atoms with van der Waals surface area (Å²) in [6.45, 7) is 12.5. The van der Waals surface area contributed by atoms with Crippen molar-refractivity contribution in [1.82, 2.24) is 19.6 Å². The van der Waals surface area contributed by atoms with Crippen molar-refractivity contribution in [3.8, 4) is 0 Å². The number of nitrogens with zero attached hydrogens (tertiary/aromatic N) is 4. The van der Waals surface area contributed by atoms with Crippen molar-refractivity contribution in [3.05, 3.63) is 0 Å². The molecule has 0 bridgehead atoms. The number of likely N-dealkylation sites (N-methyl/N-ethyl adjacent to an activating group) is 2. The quantitative estimate of drug-likeness (QED) is 0.738. The SMILES string of the molecule is CN1CCN(C(=O)CCN2CCN(C)C(C)(C)C2)CC1. The zero-order valence-electron chi connectivity index (χ0n) is 13.6. The summed E-state index contributed by atoms with van der Waals surface area (Å²) in [5.74, 6) is 0.329. The third kappa shape index (κ3) is 3.93. The number of rotatable bonds is 3. The molecule has 0 unspecified atom stereocenters. The molecule has 5 heteroatoms. The molecule has 2 saturated heterocycles. The van der Waals surface area contributed by atoms with E-state index in [9.17, 15) is 4.79 Å². The second-order valence-electron chi connectivity index (χ2n) is 6.94. The van der Waals surface area contributed by atoms with E-state index >= 15 is 0 Å². The number of amides is 1. The van der Waals surface area contributed by atoms with Gasteiger partial charge in [0.2, 0.25) is 5.91 Å². The van der Waals surface area contributed by atoms with Crippen LogP contribution in [-0.2, 0) is 4.79 Å². The van der Waals surface area contributed by atoms with Gasteiger partial charge in [0.15, 0.2) is 0 Å².